The summed E-state index contributed by atoms with van der Waals surface area (Å²) < 4.78 is 2.06. The number of likely N-dealkylation sites (tertiary alicyclic amines) is 1. The molecule has 0 saturated carbocycles. The summed E-state index contributed by atoms with van der Waals surface area (Å²) in [5.74, 6) is 1.11. The Balaban J connectivity index is 1.66. The molecular formula is C15H27N5. The van der Waals surface area contributed by atoms with Gasteiger partial charge in [0.1, 0.15) is 12.2 Å². The van der Waals surface area contributed by atoms with E-state index in [2.05, 4.69) is 38.8 Å². The second-order valence-electron chi connectivity index (χ2n) is 6.81. The Kier molecular flexibility index (Phi) is 4.08. The molecule has 0 bridgehead atoms. The molecule has 2 aliphatic rings. The van der Waals surface area contributed by atoms with Crippen molar-refractivity contribution in [2.45, 2.75) is 52.1 Å². The molecule has 1 aromatic rings. The minimum Gasteiger partial charge on any atom is -0.316 e. The molecule has 1 spiro atoms. The largest absolute Gasteiger partial charge is 0.316 e. The van der Waals surface area contributed by atoms with Crippen LogP contribution in [0.4, 0.5) is 0 Å². The number of piperidine rings is 2. The zero-order valence-electron chi connectivity index (χ0n) is 12.8. The lowest BCUT2D eigenvalue weighted by atomic mass is 9.74. The van der Waals surface area contributed by atoms with Crippen LogP contribution in [-0.4, -0.2) is 45.8 Å². The van der Waals surface area contributed by atoms with Crippen molar-refractivity contribution in [1.82, 2.24) is 25.0 Å². The van der Waals surface area contributed by atoms with Gasteiger partial charge in [-0.1, -0.05) is 0 Å². The van der Waals surface area contributed by atoms with E-state index < -0.39 is 0 Å². The second kappa shape index (κ2) is 5.82. The van der Waals surface area contributed by atoms with Gasteiger partial charge in [-0.25, -0.2) is 9.67 Å². The third-order valence-electron chi connectivity index (χ3n) is 4.80. The summed E-state index contributed by atoms with van der Waals surface area (Å²) in [7, 11) is 0. The number of hydrogen-bond acceptors (Lipinski definition) is 4. The predicted molar refractivity (Wildman–Crippen MR) is 79.5 cm³/mol. The standard InChI is InChI=1S/C15H27N5/c1-13(2)20-14(17-12-18-20)9-19-8-4-6-15(11-19)5-3-7-16-10-15/h12-13,16H,3-11H2,1-2H3. The van der Waals surface area contributed by atoms with E-state index in [1.54, 1.807) is 6.33 Å². The van der Waals surface area contributed by atoms with Crippen LogP contribution in [0.3, 0.4) is 0 Å². The first-order valence-electron chi connectivity index (χ1n) is 8.00. The van der Waals surface area contributed by atoms with E-state index in [1.807, 2.05) is 0 Å². The van der Waals surface area contributed by atoms with Gasteiger partial charge in [0.15, 0.2) is 0 Å². The van der Waals surface area contributed by atoms with Crippen LogP contribution in [-0.2, 0) is 6.54 Å². The fourth-order valence-electron chi connectivity index (χ4n) is 3.84. The average Bonchev–Trinajstić information content (AvgIpc) is 2.88. The molecule has 1 aromatic heterocycles. The van der Waals surface area contributed by atoms with Gasteiger partial charge in [0.05, 0.1) is 6.54 Å². The van der Waals surface area contributed by atoms with Crippen molar-refractivity contribution >= 4 is 0 Å². The third-order valence-corrected chi connectivity index (χ3v) is 4.80. The molecule has 20 heavy (non-hydrogen) atoms. The van der Waals surface area contributed by atoms with Gasteiger partial charge in [0.2, 0.25) is 0 Å². The molecule has 0 aromatic carbocycles. The summed E-state index contributed by atoms with van der Waals surface area (Å²) >= 11 is 0. The van der Waals surface area contributed by atoms with Gasteiger partial charge in [-0.2, -0.15) is 5.10 Å². The normalized spacial score (nSPS) is 28.4. The molecule has 3 heterocycles. The minimum absolute atomic E-state index is 0.391. The molecule has 1 atom stereocenters. The molecule has 0 aliphatic carbocycles. The molecule has 2 saturated heterocycles. The lowest BCUT2D eigenvalue weighted by molar-refractivity contribution is 0.0575. The summed E-state index contributed by atoms with van der Waals surface area (Å²) in [6, 6.07) is 0.391. The Hall–Kier alpha value is -0.940. The zero-order valence-corrected chi connectivity index (χ0v) is 12.8. The predicted octanol–water partition coefficient (Wildman–Crippen LogP) is 1.82. The van der Waals surface area contributed by atoms with Crippen LogP contribution in [0.1, 0.15) is 51.4 Å². The topological polar surface area (TPSA) is 46.0 Å². The van der Waals surface area contributed by atoms with Crippen molar-refractivity contribution in [2.75, 3.05) is 26.2 Å². The molecule has 1 unspecified atom stereocenters. The Morgan fingerprint density at radius 3 is 2.95 bits per heavy atom. The van der Waals surface area contributed by atoms with Gasteiger partial charge in [-0.05, 0) is 58.0 Å². The van der Waals surface area contributed by atoms with E-state index in [-0.39, 0.29) is 0 Å². The maximum Gasteiger partial charge on any atom is 0.141 e. The van der Waals surface area contributed by atoms with Crippen molar-refractivity contribution in [3.05, 3.63) is 12.2 Å². The van der Waals surface area contributed by atoms with Crippen LogP contribution in [0, 0.1) is 5.41 Å². The van der Waals surface area contributed by atoms with Crippen molar-refractivity contribution in [2.24, 2.45) is 5.41 Å². The van der Waals surface area contributed by atoms with E-state index >= 15 is 0 Å². The highest BCUT2D eigenvalue weighted by molar-refractivity contribution is 4.94. The lowest BCUT2D eigenvalue weighted by Gasteiger charge is -2.45. The van der Waals surface area contributed by atoms with Crippen molar-refractivity contribution in [3.63, 3.8) is 0 Å². The van der Waals surface area contributed by atoms with E-state index in [0.717, 1.165) is 12.4 Å². The van der Waals surface area contributed by atoms with Gasteiger partial charge >= 0.3 is 0 Å². The number of rotatable bonds is 3. The van der Waals surface area contributed by atoms with Crippen LogP contribution >= 0.6 is 0 Å². The molecule has 112 valence electrons. The van der Waals surface area contributed by atoms with Crippen molar-refractivity contribution in [3.8, 4) is 0 Å². The number of nitrogens with one attached hydrogen (secondary N) is 1. The smallest absolute Gasteiger partial charge is 0.141 e. The second-order valence-corrected chi connectivity index (χ2v) is 6.81. The van der Waals surface area contributed by atoms with E-state index in [4.69, 9.17) is 0 Å². The molecule has 5 nitrogen and oxygen atoms in total. The van der Waals surface area contributed by atoms with Gasteiger partial charge in [0, 0.05) is 19.1 Å². The highest BCUT2D eigenvalue weighted by Crippen LogP contribution is 2.36. The monoisotopic (exact) mass is 277 g/mol. The van der Waals surface area contributed by atoms with Gasteiger partial charge < -0.3 is 5.32 Å². The molecule has 3 rings (SSSR count). The van der Waals surface area contributed by atoms with Crippen LogP contribution < -0.4 is 5.32 Å². The highest BCUT2D eigenvalue weighted by Gasteiger charge is 2.36. The maximum absolute atomic E-state index is 4.46. The fraction of sp³-hybridized carbons (Fsp3) is 0.867. The first-order chi connectivity index (χ1) is 9.69. The van der Waals surface area contributed by atoms with Crippen molar-refractivity contribution < 1.29 is 0 Å². The van der Waals surface area contributed by atoms with Crippen molar-refractivity contribution in [1.29, 1.82) is 0 Å². The summed E-state index contributed by atoms with van der Waals surface area (Å²) in [5.41, 5.74) is 0.513. The number of aromatic nitrogens is 3. The summed E-state index contributed by atoms with van der Waals surface area (Å²) in [4.78, 5) is 7.04. The molecule has 5 heteroatoms. The van der Waals surface area contributed by atoms with Crippen LogP contribution in [0.2, 0.25) is 0 Å². The first-order valence-corrected chi connectivity index (χ1v) is 8.00. The van der Waals surface area contributed by atoms with Crippen LogP contribution in [0.15, 0.2) is 6.33 Å². The average molecular weight is 277 g/mol. The number of hydrogen-bond donors (Lipinski definition) is 1. The molecule has 2 fully saturated rings. The quantitative estimate of drug-likeness (QED) is 0.915. The molecular weight excluding hydrogens is 250 g/mol. The third kappa shape index (κ3) is 2.88. The maximum atomic E-state index is 4.46. The summed E-state index contributed by atoms with van der Waals surface area (Å²) in [6.07, 6.45) is 7.10. The van der Waals surface area contributed by atoms with Crippen LogP contribution in [0.5, 0.6) is 0 Å². The highest BCUT2D eigenvalue weighted by atomic mass is 15.4. The molecule has 2 aliphatic heterocycles. The zero-order chi connectivity index (χ0) is 14.0. The Morgan fingerprint density at radius 1 is 1.35 bits per heavy atom. The fourth-order valence-corrected chi connectivity index (χ4v) is 3.84. The Morgan fingerprint density at radius 2 is 2.20 bits per heavy atom. The molecule has 0 amide bonds. The van der Waals surface area contributed by atoms with E-state index in [9.17, 15) is 0 Å². The van der Waals surface area contributed by atoms with Crippen LogP contribution in [0.25, 0.3) is 0 Å². The number of nitrogens with zero attached hydrogens (tertiary/aromatic N) is 4. The molecule has 1 N–H and O–H groups in total. The lowest BCUT2D eigenvalue weighted by Crippen LogP contribution is -2.50. The van der Waals surface area contributed by atoms with E-state index in [0.29, 0.717) is 11.5 Å². The summed E-state index contributed by atoms with van der Waals surface area (Å²) in [5, 5.41) is 7.95. The summed E-state index contributed by atoms with van der Waals surface area (Å²) in [6.45, 7) is 10.1. The molecule has 0 radical (unpaired) electrons. The van der Waals surface area contributed by atoms with Gasteiger partial charge in [-0.15, -0.1) is 0 Å². The van der Waals surface area contributed by atoms with Gasteiger partial charge in [0.25, 0.3) is 0 Å². The Labute approximate surface area is 121 Å². The first kappa shape index (κ1) is 14.0. The minimum atomic E-state index is 0.391. The van der Waals surface area contributed by atoms with E-state index in [1.165, 1.54) is 51.9 Å². The van der Waals surface area contributed by atoms with Gasteiger partial charge in [-0.3, -0.25) is 4.90 Å². The SMILES string of the molecule is CC(C)n1ncnc1CN1CCCC2(CCCNC2)C1. The Bertz CT molecular complexity index is 428.